The van der Waals surface area contributed by atoms with Crippen molar-refractivity contribution in [1.82, 2.24) is 5.32 Å². The van der Waals surface area contributed by atoms with E-state index in [9.17, 15) is 14.4 Å². The van der Waals surface area contributed by atoms with Gasteiger partial charge in [-0.2, -0.15) is 0 Å². The summed E-state index contributed by atoms with van der Waals surface area (Å²) in [6.07, 6.45) is 4.06. The van der Waals surface area contributed by atoms with Crippen molar-refractivity contribution >= 4 is 17.8 Å². The second kappa shape index (κ2) is 14.2. The molecule has 6 nitrogen and oxygen atoms in total. The van der Waals surface area contributed by atoms with E-state index in [2.05, 4.69) is 48.6 Å². The lowest BCUT2D eigenvalue weighted by Crippen LogP contribution is -2.39. The summed E-state index contributed by atoms with van der Waals surface area (Å²) < 4.78 is 5.11. The Hall–Kier alpha value is -3.15. The Balaban J connectivity index is 2.10. The first-order valence-corrected chi connectivity index (χ1v) is 12.2. The van der Waals surface area contributed by atoms with E-state index in [1.807, 2.05) is 12.1 Å². The number of hydrogen-bond donors (Lipinski definition) is 2. The number of carbonyl (C=O) groups excluding carboxylic acids is 2. The first-order chi connectivity index (χ1) is 16.3. The lowest BCUT2D eigenvalue weighted by atomic mass is 9.94. The molecule has 2 atom stereocenters. The minimum Gasteiger partial charge on any atom is -0.481 e. The number of esters is 1. The molecule has 0 aromatic heterocycles. The average molecular weight is 468 g/mol. The van der Waals surface area contributed by atoms with E-state index in [0.29, 0.717) is 19.4 Å². The summed E-state index contributed by atoms with van der Waals surface area (Å²) in [5.41, 5.74) is 4.67. The normalized spacial score (nSPS) is 12.6. The molecule has 2 unspecified atom stereocenters. The number of carbonyl (C=O) groups is 3. The van der Waals surface area contributed by atoms with Gasteiger partial charge in [0.1, 0.15) is 0 Å². The van der Waals surface area contributed by atoms with Crippen LogP contribution in [0.4, 0.5) is 0 Å². The first-order valence-electron chi connectivity index (χ1n) is 12.2. The van der Waals surface area contributed by atoms with Crippen molar-refractivity contribution in [2.75, 3.05) is 6.61 Å². The predicted molar refractivity (Wildman–Crippen MR) is 133 cm³/mol. The van der Waals surface area contributed by atoms with Gasteiger partial charge >= 0.3 is 11.9 Å². The Bertz CT molecular complexity index is 938. The van der Waals surface area contributed by atoms with E-state index < -0.39 is 5.97 Å². The van der Waals surface area contributed by atoms with Crippen LogP contribution in [0.2, 0.25) is 0 Å². The highest BCUT2D eigenvalue weighted by atomic mass is 16.5. The second-order valence-corrected chi connectivity index (χ2v) is 8.75. The van der Waals surface area contributed by atoms with Gasteiger partial charge in [-0.1, -0.05) is 68.8 Å². The summed E-state index contributed by atoms with van der Waals surface area (Å²) in [7, 11) is 0. The number of unbranched alkanes of at least 4 members (excludes halogenated alkanes) is 1. The molecule has 1 amide bonds. The number of aliphatic carboxylic acids is 1. The van der Waals surface area contributed by atoms with Crippen LogP contribution in [0.1, 0.15) is 64.0 Å². The smallest absolute Gasteiger partial charge is 0.308 e. The van der Waals surface area contributed by atoms with Gasteiger partial charge in [0.05, 0.1) is 18.9 Å². The van der Waals surface area contributed by atoms with Gasteiger partial charge < -0.3 is 15.2 Å². The van der Waals surface area contributed by atoms with Crippen LogP contribution in [0.15, 0.2) is 48.5 Å². The van der Waals surface area contributed by atoms with Crippen LogP contribution in [0.3, 0.4) is 0 Å². The number of ether oxygens (including phenoxy) is 1. The number of hydrogen-bond acceptors (Lipinski definition) is 4. The summed E-state index contributed by atoms with van der Waals surface area (Å²) in [5.74, 6) is -2.02. The number of aryl methyl sites for hydroxylation is 1. The van der Waals surface area contributed by atoms with Crippen LogP contribution < -0.4 is 5.32 Å². The number of carboxylic acids is 1. The standard InChI is InChI=1S/C28H37NO5/c1-4-6-8-21-9-7-10-24(18-21)23-13-11-22(12-14-23)19-25(17-20(3)28(33)34-5-2)29-26(30)15-16-27(31)32/h7,9-14,18,20,25H,4-6,8,15-17,19H2,1-3H3,(H,29,30)(H,31,32). The maximum absolute atomic E-state index is 12.3. The maximum Gasteiger partial charge on any atom is 0.308 e. The minimum atomic E-state index is -1.01. The molecule has 0 heterocycles. The van der Waals surface area contributed by atoms with Gasteiger partial charge in [0.2, 0.25) is 5.91 Å². The molecule has 2 rings (SSSR count). The Kier molecular flexibility index (Phi) is 11.3. The zero-order valence-corrected chi connectivity index (χ0v) is 20.5. The van der Waals surface area contributed by atoms with E-state index >= 15 is 0 Å². The van der Waals surface area contributed by atoms with E-state index in [1.165, 1.54) is 24.0 Å². The fourth-order valence-corrected chi connectivity index (χ4v) is 3.93. The molecule has 2 aromatic rings. The lowest BCUT2D eigenvalue weighted by molar-refractivity contribution is -0.148. The van der Waals surface area contributed by atoms with Gasteiger partial charge in [0.15, 0.2) is 0 Å². The van der Waals surface area contributed by atoms with E-state index in [-0.39, 0.29) is 36.7 Å². The van der Waals surface area contributed by atoms with Gasteiger partial charge in [-0.05, 0) is 54.9 Å². The SMILES string of the molecule is CCCCc1cccc(-c2ccc(CC(CC(C)C(=O)OCC)NC(=O)CCC(=O)O)cc2)c1. The summed E-state index contributed by atoms with van der Waals surface area (Å²) in [6.45, 7) is 6.04. The van der Waals surface area contributed by atoms with Gasteiger partial charge in [0.25, 0.3) is 0 Å². The van der Waals surface area contributed by atoms with E-state index in [4.69, 9.17) is 9.84 Å². The molecule has 0 saturated heterocycles. The fraction of sp³-hybridized carbons (Fsp3) is 0.464. The Morgan fingerprint density at radius 3 is 2.35 bits per heavy atom. The summed E-state index contributed by atoms with van der Waals surface area (Å²) in [6, 6.07) is 16.5. The van der Waals surface area contributed by atoms with Crippen LogP contribution in [0.25, 0.3) is 11.1 Å². The second-order valence-electron chi connectivity index (χ2n) is 8.75. The molecule has 34 heavy (non-hydrogen) atoms. The van der Waals surface area contributed by atoms with Crippen LogP contribution in [0.5, 0.6) is 0 Å². The van der Waals surface area contributed by atoms with Crippen molar-refractivity contribution in [3.63, 3.8) is 0 Å². The third kappa shape index (κ3) is 9.38. The van der Waals surface area contributed by atoms with Crippen LogP contribution in [-0.4, -0.2) is 35.6 Å². The first kappa shape index (κ1) is 27.1. The predicted octanol–water partition coefficient (Wildman–Crippen LogP) is 5.18. The number of amides is 1. The molecule has 2 aromatic carbocycles. The van der Waals surface area contributed by atoms with Crippen molar-refractivity contribution in [3.05, 3.63) is 59.7 Å². The molecule has 0 aliphatic heterocycles. The summed E-state index contributed by atoms with van der Waals surface area (Å²) >= 11 is 0. The molecule has 6 heteroatoms. The molecule has 2 N–H and O–H groups in total. The molecule has 184 valence electrons. The van der Waals surface area contributed by atoms with Crippen molar-refractivity contribution in [2.45, 2.75) is 71.8 Å². The third-order valence-corrected chi connectivity index (χ3v) is 5.77. The van der Waals surface area contributed by atoms with Crippen LogP contribution in [-0.2, 0) is 32.0 Å². The van der Waals surface area contributed by atoms with Gasteiger partial charge in [-0.25, -0.2) is 0 Å². The third-order valence-electron chi connectivity index (χ3n) is 5.77. The monoisotopic (exact) mass is 467 g/mol. The Morgan fingerprint density at radius 2 is 1.71 bits per heavy atom. The zero-order chi connectivity index (χ0) is 24.9. The number of nitrogens with one attached hydrogen (secondary N) is 1. The highest BCUT2D eigenvalue weighted by molar-refractivity contribution is 5.81. The number of carboxylic acid groups (broad SMARTS) is 1. The molecule has 0 aliphatic rings. The van der Waals surface area contributed by atoms with E-state index in [1.54, 1.807) is 13.8 Å². The molecule has 0 radical (unpaired) electrons. The molecule has 0 spiro atoms. The highest BCUT2D eigenvalue weighted by Crippen LogP contribution is 2.23. The summed E-state index contributed by atoms with van der Waals surface area (Å²) in [5, 5.41) is 11.8. The van der Waals surface area contributed by atoms with Crippen LogP contribution in [0, 0.1) is 5.92 Å². The van der Waals surface area contributed by atoms with Crippen molar-refractivity contribution in [2.24, 2.45) is 5.92 Å². The summed E-state index contributed by atoms with van der Waals surface area (Å²) in [4.78, 5) is 35.2. The highest BCUT2D eigenvalue weighted by Gasteiger charge is 2.22. The molecule has 0 fully saturated rings. The number of rotatable bonds is 14. The van der Waals surface area contributed by atoms with Crippen molar-refractivity contribution in [3.8, 4) is 11.1 Å². The van der Waals surface area contributed by atoms with Gasteiger partial charge in [-0.15, -0.1) is 0 Å². The molecule has 0 saturated carbocycles. The quantitative estimate of drug-likeness (QED) is 0.374. The molecular formula is C28H37NO5. The molecule has 0 aliphatic carbocycles. The topological polar surface area (TPSA) is 92.7 Å². The fourth-order valence-electron chi connectivity index (χ4n) is 3.93. The molecular weight excluding hydrogens is 430 g/mol. The zero-order valence-electron chi connectivity index (χ0n) is 20.5. The van der Waals surface area contributed by atoms with Crippen LogP contribution >= 0.6 is 0 Å². The Labute approximate surface area is 202 Å². The maximum atomic E-state index is 12.3. The number of benzene rings is 2. The average Bonchev–Trinajstić information content (AvgIpc) is 2.82. The van der Waals surface area contributed by atoms with E-state index in [0.717, 1.165) is 17.5 Å². The Morgan fingerprint density at radius 1 is 0.971 bits per heavy atom. The largest absolute Gasteiger partial charge is 0.481 e. The van der Waals surface area contributed by atoms with Crippen molar-refractivity contribution in [1.29, 1.82) is 0 Å². The van der Waals surface area contributed by atoms with Gasteiger partial charge in [-0.3, -0.25) is 14.4 Å². The molecule has 0 bridgehead atoms. The van der Waals surface area contributed by atoms with Gasteiger partial charge in [0, 0.05) is 12.5 Å². The van der Waals surface area contributed by atoms with Crippen molar-refractivity contribution < 1.29 is 24.2 Å². The minimum absolute atomic E-state index is 0.0903. The lowest BCUT2D eigenvalue weighted by Gasteiger charge is -2.22.